The number of aromatic carboxylic acids is 1. The van der Waals surface area contributed by atoms with Gasteiger partial charge in [0.05, 0.1) is 5.35 Å². The molecule has 0 aliphatic heterocycles. The molecular weight excluding hydrogens is 244 g/mol. The van der Waals surface area contributed by atoms with E-state index in [0.717, 1.165) is 11.1 Å². The Labute approximate surface area is 109 Å². The Morgan fingerprint density at radius 2 is 2.11 bits per heavy atom. The van der Waals surface area contributed by atoms with Crippen LogP contribution in [-0.2, 0) is 0 Å². The molecule has 0 saturated carbocycles. The maximum atomic E-state index is 11.2. The van der Waals surface area contributed by atoms with Crippen molar-refractivity contribution in [3.8, 4) is 0 Å². The quantitative estimate of drug-likeness (QED) is 0.841. The van der Waals surface area contributed by atoms with Crippen LogP contribution in [0.15, 0.2) is 17.2 Å². The van der Waals surface area contributed by atoms with Crippen LogP contribution in [0.3, 0.4) is 0 Å². The molecule has 0 saturated heterocycles. The smallest absolute Gasteiger partial charge is 0.339 e. The number of rotatable bonds is 2. The maximum absolute atomic E-state index is 11.2. The van der Waals surface area contributed by atoms with Gasteiger partial charge in [0, 0.05) is 0 Å². The molecule has 6 heteroatoms. The third-order valence-corrected chi connectivity index (χ3v) is 2.96. The molecule has 98 valence electrons. The molecule has 2 rings (SSSR count). The van der Waals surface area contributed by atoms with Crippen molar-refractivity contribution in [2.75, 3.05) is 0 Å². The van der Waals surface area contributed by atoms with Crippen LogP contribution in [0.25, 0.3) is 18.3 Å². The molecule has 0 aromatic carbocycles. The lowest BCUT2D eigenvalue weighted by Crippen LogP contribution is -2.33. The highest BCUT2D eigenvalue weighted by molar-refractivity contribution is 5.94. The van der Waals surface area contributed by atoms with Gasteiger partial charge in [0.25, 0.3) is 0 Å². The zero-order chi connectivity index (χ0) is 14.2. The Balaban J connectivity index is 2.93. The highest BCUT2D eigenvalue weighted by Crippen LogP contribution is 2.04. The minimum Gasteiger partial charge on any atom is -0.478 e. The van der Waals surface area contributed by atoms with Crippen molar-refractivity contribution >= 4 is 24.3 Å². The van der Waals surface area contributed by atoms with Gasteiger partial charge in [-0.1, -0.05) is 17.7 Å². The summed E-state index contributed by atoms with van der Waals surface area (Å²) < 4.78 is 1.40. The Bertz CT molecular complexity index is 798. The molecular formula is C13H14N4O2. The van der Waals surface area contributed by atoms with Gasteiger partial charge in [0.1, 0.15) is 5.56 Å². The second-order valence-electron chi connectivity index (χ2n) is 4.52. The zero-order valence-electron chi connectivity index (χ0n) is 11.0. The van der Waals surface area contributed by atoms with Gasteiger partial charge < -0.3 is 5.11 Å². The number of hydrogen-bond acceptors (Lipinski definition) is 4. The highest BCUT2D eigenvalue weighted by Gasteiger charge is 2.13. The van der Waals surface area contributed by atoms with Crippen molar-refractivity contribution in [3.63, 3.8) is 0 Å². The first kappa shape index (κ1) is 12.9. The van der Waals surface area contributed by atoms with E-state index >= 15 is 0 Å². The van der Waals surface area contributed by atoms with Gasteiger partial charge in [-0.3, -0.25) is 0 Å². The molecule has 0 bridgehead atoms. The van der Waals surface area contributed by atoms with Gasteiger partial charge in [0.15, 0.2) is 5.65 Å². The maximum Gasteiger partial charge on any atom is 0.339 e. The van der Waals surface area contributed by atoms with Crippen LogP contribution in [0.2, 0.25) is 0 Å². The summed E-state index contributed by atoms with van der Waals surface area (Å²) in [6, 6.07) is 1.48. The number of fused-ring (bicyclic) bond motifs is 1. The van der Waals surface area contributed by atoms with Crippen LogP contribution >= 0.6 is 0 Å². The van der Waals surface area contributed by atoms with Crippen molar-refractivity contribution in [2.45, 2.75) is 20.8 Å². The second-order valence-corrected chi connectivity index (χ2v) is 4.52. The molecule has 2 aromatic rings. The highest BCUT2D eigenvalue weighted by atomic mass is 16.4. The third-order valence-electron chi connectivity index (χ3n) is 2.96. The Morgan fingerprint density at radius 1 is 1.42 bits per heavy atom. The van der Waals surface area contributed by atoms with Crippen LogP contribution in [0.1, 0.15) is 31.1 Å². The van der Waals surface area contributed by atoms with Crippen molar-refractivity contribution in [1.82, 2.24) is 20.0 Å². The first-order chi connectivity index (χ1) is 8.91. The summed E-state index contributed by atoms with van der Waals surface area (Å²) in [7, 11) is 0. The van der Waals surface area contributed by atoms with Gasteiger partial charge in [-0.05, 0) is 48.6 Å². The number of aromatic nitrogens is 4. The monoisotopic (exact) mass is 258 g/mol. The number of carbonyl (C=O) groups is 1. The molecule has 0 spiro atoms. The van der Waals surface area contributed by atoms with Gasteiger partial charge >= 0.3 is 5.97 Å². The summed E-state index contributed by atoms with van der Waals surface area (Å²) in [5.74, 6) is -1.07. The third kappa shape index (κ3) is 2.24. The molecule has 1 N–H and O–H groups in total. The van der Waals surface area contributed by atoms with Gasteiger partial charge in [-0.25, -0.2) is 4.79 Å². The van der Waals surface area contributed by atoms with Crippen molar-refractivity contribution in [1.29, 1.82) is 0 Å². The fraction of sp³-hybridized carbons (Fsp3) is 0.231. The number of nitrogens with zero attached hydrogens (tertiary/aromatic N) is 4. The van der Waals surface area contributed by atoms with E-state index in [2.05, 4.69) is 22.1 Å². The summed E-state index contributed by atoms with van der Waals surface area (Å²) in [4.78, 5) is 11.2. The Kier molecular flexibility index (Phi) is 3.16. The van der Waals surface area contributed by atoms with E-state index < -0.39 is 5.97 Å². The van der Waals surface area contributed by atoms with Crippen molar-refractivity contribution in [3.05, 3.63) is 33.3 Å². The topological polar surface area (TPSA) is 80.4 Å². The Morgan fingerprint density at radius 3 is 2.68 bits per heavy atom. The molecule has 0 aliphatic carbocycles. The first-order valence-corrected chi connectivity index (χ1v) is 5.71. The molecule has 0 radical (unpaired) electrons. The predicted octanol–water partition coefficient (Wildman–Crippen LogP) is 0.370. The van der Waals surface area contributed by atoms with Crippen molar-refractivity contribution in [2.24, 2.45) is 0 Å². The summed E-state index contributed by atoms with van der Waals surface area (Å²) in [6.07, 6.45) is 1.90. The van der Waals surface area contributed by atoms with Crippen molar-refractivity contribution < 1.29 is 9.90 Å². The number of tetrazole rings is 1. The lowest BCUT2D eigenvalue weighted by atomic mass is 10.1. The van der Waals surface area contributed by atoms with E-state index in [1.54, 1.807) is 0 Å². The molecule has 0 atom stereocenters. The number of carboxylic acid groups (broad SMARTS) is 1. The largest absolute Gasteiger partial charge is 0.478 e. The average molecular weight is 258 g/mol. The standard InChI is InChI=1S/C13H14N4O2/c1-7(2)8(3)6-11-9(4)5-10(13(18)19)12-14-15-16-17(11)12/h5-6H,4H2,1-3H3,(H,18,19)/b11-6+. The molecule has 2 aromatic heterocycles. The molecule has 6 nitrogen and oxygen atoms in total. The molecule has 0 aliphatic rings. The SMILES string of the molecule is C=c1cc(C(=O)O)c2nnnn2/c1=C/C(C)=C(C)C. The van der Waals surface area contributed by atoms with Crippen LogP contribution in [-0.4, -0.2) is 31.1 Å². The summed E-state index contributed by atoms with van der Waals surface area (Å²) >= 11 is 0. The fourth-order valence-corrected chi connectivity index (χ4v) is 1.63. The molecule has 2 heterocycles. The van der Waals surface area contributed by atoms with E-state index in [1.807, 2.05) is 26.8 Å². The number of allylic oxidation sites excluding steroid dienone is 2. The van der Waals surface area contributed by atoms with Crippen LogP contribution in [0.5, 0.6) is 0 Å². The number of carboxylic acids is 1. The summed E-state index contributed by atoms with van der Waals surface area (Å²) in [5.41, 5.74) is 2.47. The van der Waals surface area contributed by atoms with E-state index in [9.17, 15) is 4.79 Å². The van der Waals surface area contributed by atoms with Gasteiger partial charge in [-0.15, -0.1) is 5.10 Å². The fourth-order valence-electron chi connectivity index (χ4n) is 1.63. The lowest BCUT2D eigenvalue weighted by Gasteiger charge is -2.00. The summed E-state index contributed by atoms with van der Waals surface area (Å²) in [6.45, 7) is 9.83. The minimum absolute atomic E-state index is 0.0435. The van der Waals surface area contributed by atoms with E-state index in [-0.39, 0.29) is 11.2 Å². The summed E-state index contributed by atoms with van der Waals surface area (Å²) in [5, 5.41) is 21.5. The van der Waals surface area contributed by atoms with Gasteiger partial charge in [-0.2, -0.15) is 4.52 Å². The van der Waals surface area contributed by atoms with E-state index in [1.165, 1.54) is 10.6 Å². The lowest BCUT2D eigenvalue weighted by molar-refractivity contribution is 0.0698. The molecule has 0 fully saturated rings. The first-order valence-electron chi connectivity index (χ1n) is 5.71. The average Bonchev–Trinajstić information content (AvgIpc) is 2.80. The molecule has 0 unspecified atom stereocenters. The van der Waals surface area contributed by atoms with E-state index in [4.69, 9.17) is 5.11 Å². The molecule has 19 heavy (non-hydrogen) atoms. The number of pyridine rings is 1. The van der Waals surface area contributed by atoms with Crippen LogP contribution in [0.4, 0.5) is 0 Å². The van der Waals surface area contributed by atoms with Crippen LogP contribution in [0, 0.1) is 0 Å². The minimum atomic E-state index is -1.07. The normalized spacial score (nSPS) is 11.8. The predicted molar refractivity (Wildman–Crippen MR) is 71.0 cm³/mol. The second kappa shape index (κ2) is 4.64. The van der Waals surface area contributed by atoms with Crippen LogP contribution < -0.4 is 10.6 Å². The Hall–Kier alpha value is -2.50. The zero-order valence-corrected chi connectivity index (χ0v) is 11.0. The van der Waals surface area contributed by atoms with E-state index in [0.29, 0.717) is 10.6 Å². The van der Waals surface area contributed by atoms with Gasteiger partial charge in [0.2, 0.25) is 0 Å². The number of hydrogen-bond donors (Lipinski definition) is 1. The molecule has 0 amide bonds.